The zero-order valence-corrected chi connectivity index (χ0v) is 16.1. The van der Waals surface area contributed by atoms with Crippen molar-refractivity contribution >= 4 is 28.5 Å². The van der Waals surface area contributed by atoms with E-state index in [1.807, 2.05) is 18.2 Å². The fourth-order valence-corrected chi connectivity index (χ4v) is 3.48. The number of carbonyl (C=O) groups excluding carboxylic acids is 3. The van der Waals surface area contributed by atoms with Gasteiger partial charge in [0, 0.05) is 29.9 Å². The average molecular weight is 433 g/mol. The van der Waals surface area contributed by atoms with Gasteiger partial charge in [0.25, 0.3) is 0 Å². The summed E-state index contributed by atoms with van der Waals surface area (Å²) in [6.45, 7) is -0.719. The van der Waals surface area contributed by atoms with Crippen LogP contribution in [0.5, 0.6) is 0 Å². The van der Waals surface area contributed by atoms with Crippen LogP contribution in [0.3, 0.4) is 0 Å². The molecule has 2 heterocycles. The summed E-state index contributed by atoms with van der Waals surface area (Å²) in [5.41, 5.74) is 0.488. The van der Waals surface area contributed by atoms with E-state index in [2.05, 4.69) is 10.3 Å². The first-order valence-corrected chi connectivity index (χ1v) is 9.39. The van der Waals surface area contributed by atoms with Crippen LogP contribution in [0.4, 0.5) is 13.2 Å². The number of nitriles is 1. The second-order valence-corrected chi connectivity index (χ2v) is 6.95. The van der Waals surface area contributed by atoms with E-state index in [1.54, 1.807) is 18.3 Å². The first-order valence-electron chi connectivity index (χ1n) is 9.39. The average Bonchev–Trinajstić information content (AvgIpc) is 3.24. The molecule has 3 rings (SSSR count). The molecule has 0 spiro atoms. The molecule has 2 aromatic rings. The van der Waals surface area contributed by atoms with E-state index >= 15 is 0 Å². The van der Waals surface area contributed by atoms with Crippen molar-refractivity contribution in [1.82, 2.24) is 20.5 Å². The molecule has 1 aliphatic rings. The van der Waals surface area contributed by atoms with Crippen LogP contribution in [-0.2, 0) is 14.4 Å². The Hall–Kier alpha value is -3.68. The van der Waals surface area contributed by atoms with Crippen LogP contribution in [0.2, 0.25) is 0 Å². The third-order valence-corrected chi connectivity index (χ3v) is 4.96. The SMILES string of the molecule is N#CC(NC(=O)C1CCCN1C(=O)CNC(=O)C(F)(F)F)c1cncc2ccccc12. The number of benzene rings is 1. The van der Waals surface area contributed by atoms with E-state index in [0.717, 1.165) is 15.7 Å². The molecule has 1 aliphatic heterocycles. The fraction of sp³-hybridized carbons (Fsp3) is 0.350. The number of hydrogen-bond donors (Lipinski definition) is 2. The molecule has 162 valence electrons. The lowest BCUT2D eigenvalue weighted by molar-refractivity contribution is -0.174. The summed E-state index contributed by atoms with van der Waals surface area (Å²) in [7, 11) is 0. The number of alkyl halides is 3. The van der Waals surface area contributed by atoms with Gasteiger partial charge in [0.1, 0.15) is 12.1 Å². The molecule has 0 radical (unpaired) electrons. The number of hydrogen-bond acceptors (Lipinski definition) is 5. The van der Waals surface area contributed by atoms with Crippen molar-refractivity contribution in [2.45, 2.75) is 31.1 Å². The van der Waals surface area contributed by atoms with Gasteiger partial charge in [0.15, 0.2) is 0 Å². The van der Waals surface area contributed by atoms with Crippen LogP contribution in [0, 0.1) is 11.3 Å². The smallest absolute Gasteiger partial charge is 0.339 e. The molecule has 31 heavy (non-hydrogen) atoms. The summed E-state index contributed by atoms with van der Waals surface area (Å²) >= 11 is 0. The Bertz CT molecular complexity index is 1050. The Morgan fingerprint density at radius 1 is 1.26 bits per heavy atom. The third-order valence-electron chi connectivity index (χ3n) is 4.96. The maximum absolute atomic E-state index is 12.8. The van der Waals surface area contributed by atoms with Crippen molar-refractivity contribution in [3.63, 3.8) is 0 Å². The number of halogens is 3. The maximum Gasteiger partial charge on any atom is 0.471 e. The van der Waals surface area contributed by atoms with E-state index < -0.39 is 42.5 Å². The van der Waals surface area contributed by atoms with E-state index in [-0.39, 0.29) is 13.0 Å². The molecule has 0 saturated carbocycles. The Balaban J connectivity index is 1.70. The summed E-state index contributed by atoms with van der Waals surface area (Å²) < 4.78 is 36.9. The highest BCUT2D eigenvalue weighted by molar-refractivity contribution is 5.92. The van der Waals surface area contributed by atoms with Gasteiger partial charge in [0.05, 0.1) is 12.6 Å². The number of likely N-dealkylation sites (tertiary alicyclic amines) is 1. The standard InChI is InChI=1S/C20H18F3N5O3/c21-20(22,23)19(31)26-11-17(29)28-7-3-6-16(28)18(30)27-15(8-24)14-10-25-9-12-4-1-2-5-13(12)14/h1-2,4-5,9-10,15-16H,3,6-7,11H2,(H,26,31)(H,27,30). The Labute approximate surface area is 175 Å². The summed E-state index contributed by atoms with van der Waals surface area (Å²) in [4.78, 5) is 41.2. The maximum atomic E-state index is 12.8. The first-order chi connectivity index (χ1) is 14.7. The van der Waals surface area contributed by atoms with Crippen LogP contribution < -0.4 is 10.6 Å². The predicted octanol–water partition coefficient (Wildman–Crippen LogP) is 1.59. The minimum atomic E-state index is -5.10. The third kappa shape index (κ3) is 4.91. The molecule has 3 amide bonds. The largest absolute Gasteiger partial charge is 0.471 e. The molecule has 1 aromatic carbocycles. The summed E-state index contributed by atoms with van der Waals surface area (Å²) in [5, 5.41) is 15.2. The van der Waals surface area contributed by atoms with Crippen molar-refractivity contribution in [2.24, 2.45) is 0 Å². The lowest BCUT2D eigenvalue weighted by atomic mass is 10.0. The van der Waals surface area contributed by atoms with Gasteiger partial charge in [0.2, 0.25) is 11.8 Å². The Morgan fingerprint density at radius 3 is 2.71 bits per heavy atom. The number of rotatable bonds is 5. The number of aromatic nitrogens is 1. The predicted molar refractivity (Wildman–Crippen MR) is 102 cm³/mol. The summed E-state index contributed by atoms with van der Waals surface area (Å²) in [6, 6.07) is 7.23. The number of carbonyl (C=O) groups is 3. The number of fused-ring (bicyclic) bond motifs is 1. The van der Waals surface area contributed by atoms with Crippen molar-refractivity contribution in [2.75, 3.05) is 13.1 Å². The Morgan fingerprint density at radius 2 is 2.00 bits per heavy atom. The molecular weight excluding hydrogens is 415 g/mol. The Kier molecular flexibility index (Phi) is 6.39. The molecule has 1 fully saturated rings. The normalized spacial score (nSPS) is 17.1. The van der Waals surface area contributed by atoms with Crippen LogP contribution in [0.1, 0.15) is 24.4 Å². The molecular formula is C20H18F3N5O3. The van der Waals surface area contributed by atoms with Crippen LogP contribution in [0.25, 0.3) is 10.8 Å². The van der Waals surface area contributed by atoms with E-state index in [9.17, 15) is 32.8 Å². The molecule has 1 saturated heterocycles. The van der Waals surface area contributed by atoms with Crippen molar-refractivity contribution < 1.29 is 27.6 Å². The first kappa shape index (κ1) is 22.0. The van der Waals surface area contributed by atoms with Gasteiger partial charge < -0.3 is 15.5 Å². The molecule has 2 atom stereocenters. The molecule has 1 aromatic heterocycles. The zero-order valence-electron chi connectivity index (χ0n) is 16.1. The number of pyridine rings is 1. The quantitative estimate of drug-likeness (QED) is 0.743. The number of nitrogens with one attached hydrogen (secondary N) is 2. The van der Waals surface area contributed by atoms with E-state index in [1.165, 1.54) is 11.5 Å². The molecule has 2 N–H and O–H groups in total. The minimum absolute atomic E-state index is 0.159. The van der Waals surface area contributed by atoms with Gasteiger partial charge in [-0.05, 0) is 18.2 Å². The van der Waals surface area contributed by atoms with Gasteiger partial charge in [-0.2, -0.15) is 18.4 Å². The minimum Gasteiger partial charge on any atom is -0.339 e. The highest BCUT2D eigenvalue weighted by atomic mass is 19.4. The zero-order chi connectivity index (χ0) is 22.6. The number of nitrogens with zero attached hydrogens (tertiary/aromatic N) is 3. The van der Waals surface area contributed by atoms with Crippen molar-refractivity contribution in [3.8, 4) is 6.07 Å². The van der Waals surface area contributed by atoms with Crippen molar-refractivity contribution in [3.05, 3.63) is 42.2 Å². The lowest BCUT2D eigenvalue weighted by Gasteiger charge is -2.25. The molecule has 11 heteroatoms. The van der Waals surface area contributed by atoms with Crippen LogP contribution in [-0.4, -0.2) is 52.9 Å². The molecule has 0 aliphatic carbocycles. The van der Waals surface area contributed by atoms with Gasteiger partial charge in [-0.15, -0.1) is 0 Å². The molecule has 8 nitrogen and oxygen atoms in total. The highest BCUT2D eigenvalue weighted by Crippen LogP contribution is 2.24. The van der Waals surface area contributed by atoms with Crippen LogP contribution >= 0.6 is 0 Å². The number of amides is 3. The summed E-state index contributed by atoms with van der Waals surface area (Å²) in [6.07, 6.45) is -1.25. The van der Waals surface area contributed by atoms with Gasteiger partial charge in [-0.25, -0.2) is 0 Å². The monoisotopic (exact) mass is 433 g/mol. The van der Waals surface area contributed by atoms with E-state index in [4.69, 9.17) is 0 Å². The lowest BCUT2D eigenvalue weighted by Crippen LogP contribution is -2.50. The molecule has 2 unspecified atom stereocenters. The van der Waals surface area contributed by atoms with Crippen molar-refractivity contribution in [1.29, 1.82) is 5.26 Å². The second-order valence-electron chi connectivity index (χ2n) is 6.95. The topological polar surface area (TPSA) is 115 Å². The van der Waals surface area contributed by atoms with Crippen LogP contribution in [0.15, 0.2) is 36.7 Å². The van der Waals surface area contributed by atoms with Gasteiger partial charge in [-0.3, -0.25) is 19.4 Å². The molecule has 0 bridgehead atoms. The summed E-state index contributed by atoms with van der Waals surface area (Å²) in [5.74, 6) is -3.64. The van der Waals surface area contributed by atoms with E-state index in [0.29, 0.717) is 12.0 Å². The van der Waals surface area contributed by atoms with Gasteiger partial charge >= 0.3 is 12.1 Å². The fourth-order valence-electron chi connectivity index (χ4n) is 3.48. The van der Waals surface area contributed by atoms with Gasteiger partial charge in [-0.1, -0.05) is 24.3 Å². The highest BCUT2D eigenvalue weighted by Gasteiger charge is 2.40. The second kappa shape index (κ2) is 8.99.